The fourth-order valence-electron chi connectivity index (χ4n) is 3.11. The van der Waals surface area contributed by atoms with Gasteiger partial charge in [0.1, 0.15) is 0 Å². The standard InChI is InChI=1S/C16H12F5N5.CH2O2/c17-10-4-8-9(6-24-12(8)5-11(10)18)16(22)25-13-3-7(15(19,20)21)1-2-14(13)26(16)23;2-1-3/h1-6,24-25H,22-23H2;1H,(H,2,3). The highest BCUT2D eigenvalue weighted by atomic mass is 19.4. The Bertz CT molecular complexity index is 1080. The second-order valence-electron chi connectivity index (χ2n) is 6.11. The Kier molecular flexibility index (Phi) is 4.84. The molecule has 29 heavy (non-hydrogen) atoms. The van der Waals surface area contributed by atoms with Crippen LogP contribution in [0.25, 0.3) is 10.9 Å². The molecular formula is C17H14F5N5O2. The molecule has 0 spiro atoms. The van der Waals surface area contributed by atoms with Gasteiger partial charge in [0.15, 0.2) is 11.6 Å². The van der Waals surface area contributed by atoms with E-state index in [-0.39, 0.29) is 34.3 Å². The minimum absolute atomic E-state index is 0.0711. The number of nitrogens with one attached hydrogen (secondary N) is 2. The Hall–Kier alpha value is -3.38. The Morgan fingerprint density at radius 2 is 1.76 bits per heavy atom. The summed E-state index contributed by atoms with van der Waals surface area (Å²) in [5.74, 6) is 2.23. The molecule has 154 valence electrons. The molecule has 1 unspecified atom stereocenters. The zero-order valence-corrected chi connectivity index (χ0v) is 14.4. The van der Waals surface area contributed by atoms with Crippen LogP contribution in [0.5, 0.6) is 0 Å². The molecule has 1 atom stereocenters. The predicted octanol–water partition coefficient (Wildman–Crippen LogP) is 3.04. The highest BCUT2D eigenvalue weighted by Crippen LogP contribution is 2.44. The van der Waals surface area contributed by atoms with Gasteiger partial charge in [0.25, 0.3) is 6.47 Å². The number of H-pyrrole nitrogens is 1. The number of carbonyl (C=O) groups is 1. The summed E-state index contributed by atoms with van der Waals surface area (Å²) in [6.07, 6.45) is -3.13. The van der Waals surface area contributed by atoms with Crippen molar-refractivity contribution in [1.29, 1.82) is 0 Å². The highest BCUT2D eigenvalue weighted by molar-refractivity contribution is 5.88. The van der Waals surface area contributed by atoms with E-state index in [1.165, 1.54) is 12.3 Å². The van der Waals surface area contributed by atoms with Crippen LogP contribution in [-0.2, 0) is 16.8 Å². The third kappa shape index (κ3) is 3.32. The summed E-state index contributed by atoms with van der Waals surface area (Å²) in [5.41, 5.74) is 6.26. The number of fused-ring (bicyclic) bond motifs is 2. The number of alkyl halides is 3. The largest absolute Gasteiger partial charge is 0.483 e. The number of halogens is 5. The lowest BCUT2D eigenvalue weighted by atomic mass is 10.1. The monoisotopic (exact) mass is 415 g/mol. The molecule has 0 bridgehead atoms. The second-order valence-corrected chi connectivity index (χ2v) is 6.11. The molecule has 3 aromatic rings. The average Bonchev–Trinajstić information content (AvgIpc) is 3.15. The first-order chi connectivity index (χ1) is 13.5. The molecule has 1 aliphatic rings. The number of nitrogens with two attached hydrogens (primary N) is 2. The highest BCUT2D eigenvalue weighted by Gasteiger charge is 2.43. The molecule has 0 amide bonds. The van der Waals surface area contributed by atoms with Crippen molar-refractivity contribution in [1.82, 2.24) is 4.98 Å². The summed E-state index contributed by atoms with van der Waals surface area (Å²) in [6.45, 7) is -0.250. The van der Waals surface area contributed by atoms with Crippen molar-refractivity contribution in [2.75, 3.05) is 10.3 Å². The number of aromatic nitrogens is 1. The number of hydrogen-bond acceptors (Lipinski definition) is 5. The van der Waals surface area contributed by atoms with E-state index in [0.29, 0.717) is 0 Å². The number of nitrogens with zero attached hydrogens (tertiary/aromatic N) is 1. The van der Waals surface area contributed by atoms with Gasteiger partial charge in [-0.1, -0.05) is 0 Å². The normalized spacial score (nSPS) is 18.1. The number of anilines is 2. The van der Waals surface area contributed by atoms with Crippen LogP contribution in [0.3, 0.4) is 0 Å². The summed E-state index contributed by atoms with van der Waals surface area (Å²) in [6, 6.07) is 4.87. The molecule has 1 aliphatic heterocycles. The van der Waals surface area contributed by atoms with Crippen molar-refractivity contribution in [2.45, 2.75) is 12.0 Å². The van der Waals surface area contributed by atoms with E-state index in [1.807, 2.05) is 0 Å². The van der Waals surface area contributed by atoms with Crippen LogP contribution in [0.15, 0.2) is 36.5 Å². The van der Waals surface area contributed by atoms with Crippen molar-refractivity contribution in [3.05, 3.63) is 59.3 Å². The zero-order chi connectivity index (χ0) is 21.6. The molecule has 0 saturated carbocycles. The van der Waals surface area contributed by atoms with Crippen LogP contribution < -0.4 is 21.9 Å². The van der Waals surface area contributed by atoms with Crippen LogP contribution in [0.4, 0.5) is 33.3 Å². The fourth-order valence-corrected chi connectivity index (χ4v) is 3.11. The van der Waals surface area contributed by atoms with Gasteiger partial charge < -0.3 is 15.4 Å². The number of hydrogen-bond donors (Lipinski definition) is 5. The summed E-state index contributed by atoms with van der Waals surface area (Å²) < 4.78 is 65.8. The molecule has 12 heteroatoms. The molecule has 4 rings (SSSR count). The minimum Gasteiger partial charge on any atom is -0.483 e. The molecule has 2 heterocycles. The zero-order valence-electron chi connectivity index (χ0n) is 14.4. The lowest BCUT2D eigenvalue weighted by molar-refractivity contribution is -0.137. The molecule has 2 aromatic carbocycles. The molecule has 1 aromatic heterocycles. The van der Waals surface area contributed by atoms with Gasteiger partial charge in [-0.15, -0.1) is 0 Å². The SMILES string of the molecule is NN1c2ccc(C(F)(F)F)cc2NC1(N)c1c[nH]c2cc(F)c(F)cc12.O=CO. The maximum Gasteiger partial charge on any atom is 0.416 e. The smallest absolute Gasteiger partial charge is 0.416 e. The topological polar surface area (TPSA) is 120 Å². The van der Waals surface area contributed by atoms with E-state index in [1.54, 1.807) is 0 Å². The molecule has 0 radical (unpaired) electrons. The van der Waals surface area contributed by atoms with Crippen molar-refractivity contribution in [3.8, 4) is 0 Å². The van der Waals surface area contributed by atoms with Gasteiger partial charge in [-0.25, -0.2) is 14.6 Å². The first kappa shape index (κ1) is 20.4. The quantitative estimate of drug-likeness (QED) is 0.237. The molecule has 7 N–H and O–H groups in total. The Balaban J connectivity index is 0.000000755. The Labute approximate surface area is 159 Å². The van der Waals surface area contributed by atoms with E-state index in [4.69, 9.17) is 21.5 Å². The molecule has 0 aliphatic carbocycles. The van der Waals surface area contributed by atoms with Crippen molar-refractivity contribution >= 4 is 28.7 Å². The lowest BCUT2D eigenvalue weighted by Gasteiger charge is -2.32. The van der Waals surface area contributed by atoms with Gasteiger partial charge in [0, 0.05) is 28.7 Å². The first-order valence-corrected chi connectivity index (χ1v) is 7.90. The maximum absolute atomic E-state index is 13.6. The van der Waals surface area contributed by atoms with Gasteiger partial charge >= 0.3 is 6.18 Å². The Morgan fingerprint density at radius 3 is 2.38 bits per heavy atom. The lowest BCUT2D eigenvalue weighted by Crippen LogP contribution is -2.58. The van der Waals surface area contributed by atoms with Gasteiger partial charge in [-0.2, -0.15) is 13.2 Å². The number of benzene rings is 2. The van der Waals surface area contributed by atoms with Crippen molar-refractivity contribution < 1.29 is 31.9 Å². The van der Waals surface area contributed by atoms with Crippen LogP contribution in [0.1, 0.15) is 11.1 Å². The second kappa shape index (κ2) is 6.90. The van der Waals surface area contributed by atoms with Crippen LogP contribution in [0, 0.1) is 11.6 Å². The summed E-state index contributed by atoms with van der Waals surface area (Å²) in [4.78, 5) is 11.1. The van der Waals surface area contributed by atoms with E-state index in [2.05, 4.69) is 10.3 Å². The average molecular weight is 415 g/mol. The van der Waals surface area contributed by atoms with Crippen molar-refractivity contribution in [3.63, 3.8) is 0 Å². The molecule has 7 nitrogen and oxygen atoms in total. The van der Waals surface area contributed by atoms with Gasteiger partial charge in [-0.3, -0.25) is 15.5 Å². The van der Waals surface area contributed by atoms with Crippen LogP contribution in [-0.4, -0.2) is 16.6 Å². The number of hydrazine groups is 1. The van der Waals surface area contributed by atoms with Gasteiger partial charge in [0.2, 0.25) is 5.79 Å². The summed E-state index contributed by atoms with van der Waals surface area (Å²) >= 11 is 0. The van der Waals surface area contributed by atoms with Crippen LogP contribution >= 0.6 is 0 Å². The minimum atomic E-state index is -4.53. The third-order valence-electron chi connectivity index (χ3n) is 4.42. The van der Waals surface area contributed by atoms with Crippen LogP contribution in [0.2, 0.25) is 0 Å². The number of rotatable bonds is 1. The first-order valence-electron chi connectivity index (χ1n) is 7.90. The number of carboxylic acid groups (broad SMARTS) is 1. The molecule has 0 fully saturated rings. The third-order valence-corrected chi connectivity index (χ3v) is 4.42. The van der Waals surface area contributed by atoms with E-state index in [9.17, 15) is 22.0 Å². The molecular weight excluding hydrogens is 401 g/mol. The molecule has 0 saturated heterocycles. The fraction of sp³-hybridized carbons (Fsp3) is 0.118. The van der Waals surface area contributed by atoms with E-state index in [0.717, 1.165) is 29.3 Å². The van der Waals surface area contributed by atoms with Crippen molar-refractivity contribution in [2.24, 2.45) is 11.6 Å². The maximum atomic E-state index is 13.6. The summed E-state index contributed by atoms with van der Waals surface area (Å²) in [5, 5.41) is 10.9. The van der Waals surface area contributed by atoms with Gasteiger partial charge in [-0.05, 0) is 24.3 Å². The number of aromatic amines is 1. The van der Waals surface area contributed by atoms with E-state index >= 15 is 0 Å². The van der Waals surface area contributed by atoms with Gasteiger partial charge in [0.05, 0.1) is 16.9 Å². The van der Waals surface area contributed by atoms with E-state index < -0.39 is 29.2 Å². The summed E-state index contributed by atoms with van der Waals surface area (Å²) in [7, 11) is 0. The Morgan fingerprint density at radius 1 is 1.14 bits per heavy atom. The predicted molar refractivity (Wildman–Crippen MR) is 94.5 cm³/mol.